The van der Waals surface area contributed by atoms with E-state index in [-0.39, 0.29) is 0 Å². The number of para-hydroxylation sites is 2. The molecule has 5 heteroatoms. The third-order valence-corrected chi connectivity index (χ3v) is 6.06. The van der Waals surface area contributed by atoms with E-state index in [1.807, 2.05) is 95.7 Å². The summed E-state index contributed by atoms with van der Waals surface area (Å²) in [5, 5.41) is 14.7. The number of H-pyrrole nitrogens is 1. The van der Waals surface area contributed by atoms with Crippen LogP contribution in [0.3, 0.4) is 0 Å². The Hall–Kier alpha value is -5.21. The Balaban J connectivity index is 1.38. The van der Waals surface area contributed by atoms with Gasteiger partial charge in [0.2, 0.25) is 0 Å². The van der Waals surface area contributed by atoms with Crippen LogP contribution in [0, 0.1) is 11.3 Å². The summed E-state index contributed by atoms with van der Waals surface area (Å²) in [6, 6.07) is 40.6. The number of imidazole rings is 1. The maximum atomic E-state index is 9.78. The third kappa shape index (κ3) is 4.08. The number of fused-ring (bicyclic) bond motifs is 1. The van der Waals surface area contributed by atoms with Crippen LogP contribution in [-0.4, -0.2) is 19.7 Å². The lowest BCUT2D eigenvalue weighted by molar-refractivity contribution is 0.892. The molecular formula is C31H21N5. The number of allylic oxidation sites excluding steroid dienone is 1. The molecule has 0 bridgehead atoms. The smallest absolute Gasteiger partial charge is 0.149 e. The first-order valence-electron chi connectivity index (χ1n) is 11.7. The number of benzene rings is 4. The first-order valence-corrected chi connectivity index (χ1v) is 11.7. The van der Waals surface area contributed by atoms with E-state index in [1.54, 1.807) is 0 Å². The van der Waals surface area contributed by atoms with Crippen molar-refractivity contribution in [2.45, 2.75) is 0 Å². The van der Waals surface area contributed by atoms with E-state index in [9.17, 15) is 5.26 Å². The zero-order valence-corrected chi connectivity index (χ0v) is 19.3. The number of hydrogen-bond donors (Lipinski definition) is 1. The van der Waals surface area contributed by atoms with Gasteiger partial charge in [-0.1, -0.05) is 84.9 Å². The molecule has 0 saturated heterocycles. The van der Waals surface area contributed by atoms with Gasteiger partial charge in [-0.2, -0.15) is 10.4 Å². The number of rotatable bonds is 5. The highest BCUT2D eigenvalue weighted by atomic mass is 15.3. The SMILES string of the molecule is N#C/C(=C\c1ccc(-n2nc(-c3ccccc3)cc2-c2ccccc2)cc1)c1nc2ccccc2[nH]1. The van der Waals surface area contributed by atoms with Crippen molar-refractivity contribution in [2.75, 3.05) is 0 Å². The van der Waals surface area contributed by atoms with Crippen molar-refractivity contribution in [1.29, 1.82) is 5.26 Å². The Bertz CT molecular complexity index is 1680. The maximum absolute atomic E-state index is 9.78. The van der Waals surface area contributed by atoms with Gasteiger partial charge in [0.15, 0.2) is 0 Å². The van der Waals surface area contributed by atoms with Crippen molar-refractivity contribution in [2.24, 2.45) is 0 Å². The second-order valence-electron chi connectivity index (χ2n) is 8.42. The topological polar surface area (TPSA) is 70.3 Å². The first kappa shape index (κ1) is 21.3. The van der Waals surface area contributed by atoms with Gasteiger partial charge in [-0.3, -0.25) is 0 Å². The van der Waals surface area contributed by atoms with Gasteiger partial charge in [-0.05, 0) is 42.0 Å². The lowest BCUT2D eigenvalue weighted by Gasteiger charge is -2.08. The molecule has 6 rings (SSSR count). The number of nitrogens with one attached hydrogen (secondary N) is 1. The third-order valence-electron chi connectivity index (χ3n) is 6.06. The highest BCUT2D eigenvalue weighted by molar-refractivity contribution is 5.90. The Morgan fingerprint density at radius 3 is 2.14 bits per heavy atom. The summed E-state index contributed by atoms with van der Waals surface area (Å²) in [6.07, 6.45) is 1.85. The van der Waals surface area contributed by atoms with Crippen molar-refractivity contribution < 1.29 is 0 Å². The predicted octanol–water partition coefficient (Wildman–Crippen LogP) is 7.15. The number of aromatic nitrogens is 4. The monoisotopic (exact) mass is 463 g/mol. The van der Waals surface area contributed by atoms with Crippen molar-refractivity contribution in [1.82, 2.24) is 19.7 Å². The fourth-order valence-electron chi connectivity index (χ4n) is 4.25. The van der Waals surface area contributed by atoms with Crippen LogP contribution >= 0.6 is 0 Å². The minimum atomic E-state index is 0.481. The van der Waals surface area contributed by atoms with Crippen LogP contribution in [0.2, 0.25) is 0 Å². The Morgan fingerprint density at radius 1 is 0.778 bits per heavy atom. The van der Waals surface area contributed by atoms with Crippen molar-refractivity contribution >= 4 is 22.7 Å². The molecule has 6 aromatic rings. The summed E-state index contributed by atoms with van der Waals surface area (Å²) in [5.74, 6) is 0.564. The van der Waals surface area contributed by atoms with E-state index in [2.05, 4.69) is 46.4 Å². The molecule has 0 aliphatic heterocycles. The van der Waals surface area contributed by atoms with Crippen LogP contribution < -0.4 is 0 Å². The number of hydrogen-bond acceptors (Lipinski definition) is 3. The van der Waals surface area contributed by atoms with Gasteiger partial charge in [0, 0.05) is 11.1 Å². The molecule has 5 nitrogen and oxygen atoms in total. The highest BCUT2D eigenvalue weighted by Crippen LogP contribution is 2.29. The second kappa shape index (κ2) is 9.21. The Kier molecular flexibility index (Phi) is 5.45. The van der Waals surface area contributed by atoms with Crippen LogP contribution in [0.15, 0.2) is 115 Å². The average molecular weight is 464 g/mol. The molecule has 0 aliphatic carbocycles. The van der Waals surface area contributed by atoms with E-state index < -0.39 is 0 Å². The molecule has 2 heterocycles. The first-order chi connectivity index (χ1) is 17.8. The van der Waals surface area contributed by atoms with Crippen molar-refractivity contribution in [3.8, 4) is 34.3 Å². The van der Waals surface area contributed by atoms with Crippen LogP contribution in [-0.2, 0) is 0 Å². The molecule has 4 aromatic carbocycles. The number of nitriles is 1. The van der Waals surface area contributed by atoms with Gasteiger partial charge in [-0.25, -0.2) is 9.67 Å². The zero-order chi connectivity index (χ0) is 24.3. The van der Waals surface area contributed by atoms with Gasteiger partial charge in [-0.15, -0.1) is 0 Å². The molecule has 170 valence electrons. The van der Waals surface area contributed by atoms with Crippen LogP contribution in [0.4, 0.5) is 0 Å². The molecule has 0 unspecified atom stereocenters. The fourth-order valence-corrected chi connectivity index (χ4v) is 4.25. The van der Waals surface area contributed by atoms with Gasteiger partial charge in [0.25, 0.3) is 0 Å². The molecule has 0 aliphatic rings. The second-order valence-corrected chi connectivity index (χ2v) is 8.42. The molecule has 0 atom stereocenters. The molecule has 0 saturated carbocycles. The normalized spacial score (nSPS) is 11.5. The van der Waals surface area contributed by atoms with Crippen molar-refractivity contribution in [3.05, 3.63) is 127 Å². The van der Waals surface area contributed by atoms with Gasteiger partial charge >= 0.3 is 0 Å². The Morgan fingerprint density at radius 2 is 1.44 bits per heavy atom. The minimum absolute atomic E-state index is 0.481. The molecule has 0 fully saturated rings. The van der Waals surface area contributed by atoms with E-state index in [4.69, 9.17) is 5.10 Å². The molecule has 0 spiro atoms. The molecule has 0 radical (unpaired) electrons. The van der Waals surface area contributed by atoms with Crippen LogP contribution in [0.5, 0.6) is 0 Å². The zero-order valence-electron chi connectivity index (χ0n) is 19.3. The summed E-state index contributed by atoms with van der Waals surface area (Å²) in [6.45, 7) is 0. The Labute approximate surface area is 208 Å². The van der Waals surface area contributed by atoms with Crippen LogP contribution in [0.1, 0.15) is 11.4 Å². The minimum Gasteiger partial charge on any atom is -0.337 e. The summed E-state index contributed by atoms with van der Waals surface area (Å²) >= 11 is 0. The van der Waals surface area contributed by atoms with E-state index in [1.165, 1.54) is 0 Å². The quantitative estimate of drug-likeness (QED) is 0.276. The molecule has 2 aromatic heterocycles. The average Bonchev–Trinajstić information content (AvgIpc) is 3.58. The van der Waals surface area contributed by atoms with E-state index >= 15 is 0 Å². The summed E-state index contributed by atoms with van der Waals surface area (Å²) in [5.41, 5.74) is 8.16. The van der Waals surface area contributed by atoms with Gasteiger partial charge in [0.1, 0.15) is 11.9 Å². The van der Waals surface area contributed by atoms with Gasteiger partial charge < -0.3 is 4.98 Å². The number of aromatic amines is 1. The largest absolute Gasteiger partial charge is 0.337 e. The summed E-state index contributed by atoms with van der Waals surface area (Å²) in [4.78, 5) is 7.79. The summed E-state index contributed by atoms with van der Waals surface area (Å²) < 4.78 is 1.97. The molecular weight excluding hydrogens is 442 g/mol. The fraction of sp³-hybridized carbons (Fsp3) is 0. The van der Waals surface area contributed by atoms with Crippen LogP contribution in [0.25, 0.3) is 50.9 Å². The molecule has 0 amide bonds. The maximum Gasteiger partial charge on any atom is 0.149 e. The predicted molar refractivity (Wildman–Crippen MR) is 144 cm³/mol. The lowest BCUT2D eigenvalue weighted by atomic mass is 10.1. The summed E-state index contributed by atoms with van der Waals surface area (Å²) in [7, 11) is 0. The number of nitrogens with zero attached hydrogens (tertiary/aromatic N) is 4. The standard InChI is InChI=1S/C31H21N5/c32-21-25(31-33-27-13-7-8-14-28(27)34-31)19-22-15-17-26(18-16-22)36-30(24-11-5-2-6-12-24)20-29(35-36)23-9-3-1-4-10-23/h1-20H,(H,33,34)/b25-19+. The molecule has 1 N–H and O–H groups in total. The van der Waals surface area contributed by atoms with E-state index in [0.717, 1.165) is 44.8 Å². The van der Waals surface area contributed by atoms with E-state index in [0.29, 0.717) is 11.4 Å². The van der Waals surface area contributed by atoms with Crippen molar-refractivity contribution in [3.63, 3.8) is 0 Å². The molecule has 36 heavy (non-hydrogen) atoms. The van der Waals surface area contributed by atoms with Gasteiger partial charge in [0.05, 0.1) is 33.7 Å². The lowest BCUT2D eigenvalue weighted by Crippen LogP contribution is -1.99. The highest BCUT2D eigenvalue weighted by Gasteiger charge is 2.13.